The summed E-state index contributed by atoms with van der Waals surface area (Å²) in [6.07, 6.45) is 0.595. The zero-order chi connectivity index (χ0) is 19.0. The van der Waals surface area contributed by atoms with Crippen LogP contribution in [0.4, 0.5) is 10.1 Å². The lowest BCUT2D eigenvalue weighted by Crippen LogP contribution is -2.68. The highest BCUT2D eigenvalue weighted by atomic mass is 19.1. The molecule has 2 heterocycles. The second-order valence-electron chi connectivity index (χ2n) is 7.24. The number of rotatable bonds is 2. The molecule has 2 aromatic carbocycles. The van der Waals surface area contributed by atoms with Crippen LogP contribution in [0.25, 0.3) is 0 Å². The molecule has 2 atom stereocenters. The van der Waals surface area contributed by atoms with Gasteiger partial charge in [0.1, 0.15) is 18.0 Å². The van der Waals surface area contributed by atoms with E-state index in [0.717, 1.165) is 5.69 Å². The van der Waals surface area contributed by atoms with Gasteiger partial charge in [0.15, 0.2) is 0 Å². The van der Waals surface area contributed by atoms with E-state index in [-0.39, 0.29) is 24.5 Å². The molecule has 0 saturated carbocycles. The third kappa shape index (κ3) is 3.21. The number of benzene rings is 2. The van der Waals surface area contributed by atoms with Gasteiger partial charge in [0.2, 0.25) is 0 Å². The SMILES string of the molecule is C[C@@]12CN(C(=O)c3cccc(F)c3)CC[C@H]1N(c1ccccc1)C(=O)CO2. The Morgan fingerprint density at radius 3 is 2.70 bits per heavy atom. The summed E-state index contributed by atoms with van der Waals surface area (Å²) in [6.45, 7) is 2.74. The van der Waals surface area contributed by atoms with Gasteiger partial charge in [0, 0.05) is 17.8 Å². The molecule has 5 nitrogen and oxygen atoms in total. The van der Waals surface area contributed by atoms with E-state index >= 15 is 0 Å². The first-order valence-corrected chi connectivity index (χ1v) is 9.04. The van der Waals surface area contributed by atoms with Crippen molar-refractivity contribution in [1.29, 1.82) is 0 Å². The number of anilines is 1. The van der Waals surface area contributed by atoms with Gasteiger partial charge in [0.05, 0.1) is 12.6 Å². The summed E-state index contributed by atoms with van der Waals surface area (Å²) in [4.78, 5) is 28.8. The lowest BCUT2D eigenvalue weighted by Gasteiger charge is -2.52. The Morgan fingerprint density at radius 1 is 1.19 bits per heavy atom. The van der Waals surface area contributed by atoms with Crippen LogP contribution in [-0.2, 0) is 9.53 Å². The van der Waals surface area contributed by atoms with Gasteiger partial charge >= 0.3 is 0 Å². The first-order chi connectivity index (χ1) is 13.0. The van der Waals surface area contributed by atoms with Gasteiger partial charge in [0.25, 0.3) is 11.8 Å². The van der Waals surface area contributed by atoms with Crippen molar-refractivity contribution < 1.29 is 18.7 Å². The van der Waals surface area contributed by atoms with Crippen molar-refractivity contribution in [1.82, 2.24) is 4.90 Å². The molecule has 27 heavy (non-hydrogen) atoms. The van der Waals surface area contributed by atoms with Crippen LogP contribution in [0.2, 0.25) is 0 Å². The molecule has 2 saturated heterocycles. The fourth-order valence-electron chi connectivity index (χ4n) is 4.05. The Balaban J connectivity index is 1.59. The quantitative estimate of drug-likeness (QED) is 0.819. The molecule has 4 rings (SSSR count). The van der Waals surface area contributed by atoms with Gasteiger partial charge in [-0.05, 0) is 43.7 Å². The Bertz CT molecular complexity index is 873. The highest BCUT2D eigenvalue weighted by Crippen LogP contribution is 2.36. The Hall–Kier alpha value is -2.73. The molecule has 0 radical (unpaired) electrons. The van der Waals surface area contributed by atoms with Crippen LogP contribution < -0.4 is 4.90 Å². The Morgan fingerprint density at radius 2 is 1.96 bits per heavy atom. The summed E-state index contributed by atoms with van der Waals surface area (Å²) in [5.41, 5.74) is 0.487. The van der Waals surface area contributed by atoms with Crippen LogP contribution in [0.15, 0.2) is 54.6 Å². The molecule has 0 aliphatic carbocycles. The van der Waals surface area contributed by atoms with Crippen LogP contribution in [0.3, 0.4) is 0 Å². The molecule has 2 aromatic rings. The number of fused-ring (bicyclic) bond motifs is 1. The molecule has 2 aliphatic rings. The molecule has 0 N–H and O–H groups in total. The van der Waals surface area contributed by atoms with E-state index < -0.39 is 11.4 Å². The zero-order valence-electron chi connectivity index (χ0n) is 15.1. The molecular weight excluding hydrogens is 347 g/mol. The smallest absolute Gasteiger partial charge is 0.254 e. The molecule has 0 spiro atoms. The number of amides is 2. The number of para-hydroxylation sites is 1. The van der Waals surface area contributed by atoms with Gasteiger partial charge in [-0.1, -0.05) is 24.3 Å². The summed E-state index contributed by atoms with van der Waals surface area (Å²) < 4.78 is 19.4. The number of nitrogens with zero attached hydrogens (tertiary/aromatic N) is 2. The fraction of sp³-hybridized carbons (Fsp3) is 0.333. The molecule has 2 fully saturated rings. The van der Waals surface area contributed by atoms with Crippen molar-refractivity contribution >= 4 is 17.5 Å². The minimum absolute atomic E-state index is 0.0239. The predicted octanol–water partition coefficient (Wildman–Crippen LogP) is 2.86. The van der Waals surface area contributed by atoms with E-state index in [9.17, 15) is 14.0 Å². The second kappa shape index (κ2) is 6.78. The van der Waals surface area contributed by atoms with E-state index in [0.29, 0.717) is 25.1 Å². The van der Waals surface area contributed by atoms with Crippen LogP contribution in [0.1, 0.15) is 23.7 Å². The second-order valence-corrected chi connectivity index (χ2v) is 7.24. The van der Waals surface area contributed by atoms with Crippen molar-refractivity contribution in [2.75, 3.05) is 24.6 Å². The minimum Gasteiger partial charge on any atom is -0.361 e. The average Bonchev–Trinajstić information content (AvgIpc) is 2.68. The standard InChI is InChI=1S/C21H21FN2O3/c1-21-14-23(20(26)15-6-5-7-16(22)12-15)11-10-18(21)24(19(25)13-27-21)17-8-3-2-4-9-17/h2-9,12,18H,10-11,13-14H2,1H3/t18-,21-/m1/s1. The van der Waals surface area contributed by atoms with Crippen LogP contribution in [0.5, 0.6) is 0 Å². The number of ether oxygens (including phenoxy) is 1. The van der Waals surface area contributed by atoms with Crippen molar-refractivity contribution in [3.8, 4) is 0 Å². The first-order valence-electron chi connectivity index (χ1n) is 9.04. The van der Waals surface area contributed by atoms with Crippen molar-refractivity contribution in [2.24, 2.45) is 0 Å². The first kappa shape index (κ1) is 17.7. The Labute approximate surface area is 157 Å². The third-order valence-corrected chi connectivity index (χ3v) is 5.38. The number of piperidine rings is 1. The van der Waals surface area contributed by atoms with Gasteiger partial charge in [-0.2, -0.15) is 0 Å². The molecule has 0 unspecified atom stereocenters. The third-order valence-electron chi connectivity index (χ3n) is 5.38. The van der Waals surface area contributed by atoms with Crippen molar-refractivity contribution in [3.05, 3.63) is 66.0 Å². The van der Waals surface area contributed by atoms with Crippen molar-refractivity contribution in [3.63, 3.8) is 0 Å². The number of carbonyl (C=O) groups is 2. The number of likely N-dealkylation sites (tertiary alicyclic amines) is 1. The maximum atomic E-state index is 13.5. The average molecular weight is 368 g/mol. The lowest BCUT2D eigenvalue weighted by atomic mass is 9.85. The fourth-order valence-corrected chi connectivity index (χ4v) is 4.05. The van der Waals surface area contributed by atoms with Crippen molar-refractivity contribution in [2.45, 2.75) is 25.0 Å². The van der Waals surface area contributed by atoms with E-state index in [4.69, 9.17) is 4.74 Å². The predicted molar refractivity (Wildman–Crippen MR) is 99.0 cm³/mol. The number of halogens is 1. The number of hydrogen-bond donors (Lipinski definition) is 0. The van der Waals surface area contributed by atoms with E-state index in [2.05, 4.69) is 0 Å². The normalized spacial score (nSPS) is 25.3. The summed E-state index contributed by atoms with van der Waals surface area (Å²) in [7, 11) is 0. The molecular formula is C21H21FN2O3. The maximum absolute atomic E-state index is 13.5. The minimum atomic E-state index is -0.676. The highest BCUT2D eigenvalue weighted by molar-refractivity contribution is 5.97. The molecule has 6 heteroatoms. The molecule has 0 aromatic heterocycles. The van der Waals surface area contributed by atoms with Gasteiger partial charge in [-0.3, -0.25) is 9.59 Å². The van der Waals surface area contributed by atoms with Gasteiger partial charge in [-0.25, -0.2) is 4.39 Å². The molecule has 2 amide bonds. The number of carbonyl (C=O) groups excluding carboxylic acids is 2. The lowest BCUT2D eigenvalue weighted by molar-refractivity contribution is -0.149. The van der Waals surface area contributed by atoms with Crippen LogP contribution in [0, 0.1) is 5.82 Å². The maximum Gasteiger partial charge on any atom is 0.254 e. The number of morpholine rings is 1. The summed E-state index contributed by atoms with van der Waals surface area (Å²) >= 11 is 0. The monoisotopic (exact) mass is 368 g/mol. The highest BCUT2D eigenvalue weighted by Gasteiger charge is 2.50. The molecule has 140 valence electrons. The topological polar surface area (TPSA) is 49.9 Å². The van der Waals surface area contributed by atoms with E-state index in [1.165, 1.54) is 18.2 Å². The summed E-state index contributed by atoms with van der Waals surface area (Å²) in [6, 6.07) is 15.1. The van der Waals surface area contributed by atoms with Gasteiger partial charge < -0.3 is 14.5 Å². The zero-order valence-corrected chi connectivity index (χ0v) is 15.1. The van der Waals surface area contributed by atoms with Crippen LogP contribution >= 0.6 is 0 Å². The van der Waals surface area contributed by atoms with E-state index in [1.54, 1.807) is 15.9 Å². The molecule has 2 aliphatic heterocycles. The molecule has 0 bridgehead atoms. The van der Waals surface area contributed by atoms with Gasteiger partial charge in [-0.15, -0.1) is 0 Å². The largest absolute Gasteiger partial charge is 0.361 e. The van der Waals surface area contributed by atoms with E-state index in [1.807, 2.05) is 37.3 Å². The number of hydrogen-bond acceptors (Lipinski definition) is 3. The summed E-state index contributed by atoms with van der Waals surface area (Å²) in [5.74, 6) is -0.730. The Kier molecular flexibility index (Phi) is 4.44. The van der Waals surface area contributed by atoms with Crippen LogP contribution in [-0.4, -0.2) is 48.1 Å². The summed E-state index contributed by atoms with van der Waals surface area (Å²) in [5, 5.41) is 0.